The number of rotatable bonds is 6. The third kappa shape index (κ3) is 5.22. The summed E-state index contributed by atoms with van der Waals surface area (Å²) in [6.45, 7) is 5.37. The first-order valence-corrected chi connectivity index (χ1v) is 11.4. The molecule has 1 saturated heterocycles. The summed E-state index contributed by atoms with van der Waals surface area (Å²) in [6, 6.07) is 18.0. The molecule has 0 saturated carbocycles. The van der Waals surface area contributed by atoms with E-state index in [0.717, 1.165) is 60.9 Å². The minimum absolute atomic E-state index is 0.549. The molecule has 2 aromatic heterocycles. The smallest absolute Gasteiger partial charge is 0.227 e. The SMILES string of the molecule is CN1CCN(Cc2cccc(Nc3nccc(-c4cn[nH]c4-c4ccc(Cl)cc4)n3)c2)CC1. The van der Waals surface area contributed by atoms with Gasteiger partial charge >= 0.3 is 0 Å². The molecule has 0 radical (unpaired) electrons. The lowest BCUT2D eigenvalue weighted by atomic mass is 10.1. The summed E-state index contributed by atoms with van der Waals surface area (Å²) in [6.07, 6.45) is 3.55. The zero-order chi connectivity index (χ0) is 22.6. The quantitative estimate of drug-likeness (QED) is 0.436. The van der Waals surface area contributed by atoms with Crippen molar-refractivity contribution in [2.75, 3.05) is 38.5 Å². The van der Waals surface area contributed by atoms with Crippen LogP contribution in [0.3, 0.4) is 0 Å². The summed E-state index contributed by atoms with van der Waals surface area (Å²) in [5.74, 6) is 0.549. The van der Waals surface area contributed by atoms with Crippen LogP contribution in [0.2, 0.25) is 5.02 Å². The number of H-pyrrole nitrogens is 1. The Balaban J connectivity index is 1.33. The number of anilines is 2. The highest BCUT2D eigenvalue weighted by Gasteiger charge is 2.15. The van der Waals surface area contributed by atoms with Crippen LogP contribution >= 0.6 is 11.6 Å². The first-order valence-electron chi connectivity index (χ1n) is 11.0. The predicted molar refractivity (Wildman–Crippen MR) is 133 cm³/mol. The highest BCUT2D eigenvalue weighted by Crippen LogP contribution is 2.30. The highest BCUT2D eigenvalue weighted by atomic mass is 35.5. The zero-order valence-electron chi connectivity index (χ0n) is 18.5. The fourth-order valence-electron chi connectivity index (χ4n) is 4.03. The second-order valence-electron chi connectivity index (χ2n) is 8.34. The second kappa shape index (κ2) is 9.70. The molecular formula is C25H26ClN7. The van der Waals surface area contributed by atoms with Crippen molar-refractivity contribution in [1.82, 2.24) is 30.0 Å². The minimum Gasteiger partial charge on any atom is -0.324 e. The Kier molecular flexibility index (Phi) is 6.35. The van der Waals surface area contributed by atoms with Crippen molar-refractivity contribution < 1.29 is 0 Å². The molecule has 2 aromatic carbocycles. The Labute approximate surface area is 198 Å². The molecule has 7 nitrogen and oxygen atoms in total. The van der Waals surface area contributed by atoms with Crippen molar-refractivity contribution in [3.63, 3.8) is 0 Å². The van der Waals surface area contributed by atoms with E-state index in [2.05, 4.69) is 55.5 Å². The van der Waals surface area contributed by atoms with Crippen molar-refractivity contribution in [1.29, 1.82) is 0 Å². The van der Waals surface area contributed by atoms with Crippen molar-refractivity contribution in [3.8, 4) is 22.5 Å². The number of nitrogens with zero attached hydrogens (tertiary/aromatic N) is 5. The Morgan fingerprint density at radius 1 is 1.03 bits per heavy atom. The molecule has 1 fully saturated rings. The number of aromatic nitrogens is 4. The summed E-state index contributed by atoms with van der Waals surface area (Å²) in [5, 5.41) is 11.4. The van der Waals surface area contributed by atoms with E-state index < -0.39 is 0 Å². The van der Waals surface area contributed by atoms with E-state index in [1.165, 1.54) is 5.56 Å². The largest absolute Gasteiger partial charge is 0.324 e. The number of aromatic amines is 1. The van der Waals surface area contributed by atoms with Crippen LogP contribution in [0.5, 0.6) is 0 Å². The molecule has 1 aliphatic heterocycles. The number of hydrogen-bond acceptors (Lipinski definition) is 6. The highest BCUT2D eigenvalue weighted by molar-refractivity contribution is 6.30. The minimum atomic E-state index is 0.549. The van der Waals surface area contributed by atoms with Gasteiger partial charge in [0.15, 0.2) is 0 Å². The maximum atomic E-state index is 6.04. The maximum Gasteiger partial charge on any atom is 0.227 e. The predicted octanol–water partition coefficient (Wildman–Crippen LogP) is 4.68. The molecule has 0 spiro atoms. The molecule has 0 atom stereocenters. The molecule has 2 N–H and O–H groups in total. The van der Waals surface area contributed by atoms with E-state index in [0.29, 0.717) is 11.0 Å². The number of piperazine rings is 1. The van der Waals surface area contributed by atoms with Gasteiger partial charge in [-0.25, -0.2) is 9.97 Å². The molecular weight excluding hydrogens is 434 g/mol. The third-order valence-corrected chi connectivity index (χ3v) is 6.14. The van der Waals surface area contributed by atoms with Crippen molar-refractivity contribution in [2.24, 2.45) is 0 Å². The Morgan fingerprint density at radius 3 is 2.67 bits per heavy atom. The van der Waals surface area contributed by atoms with Gasteiger partial charge in [-0.1, -0.05) is 35.9 Å². The molecule has 1 aliphatic rings. The van der Waals surface area contributed by atoms with Crippen LogP contribution in [-0.2, 0) is 6.54 Å². The molecule has 3 heterocycles. The van der Waals surface area contributed by atoms with Gasteiger partial charge in [-0.2, -0.15) is 5.10 Å². The maximum absolute atomic E-state index is 6.04. The average Bonchev–Trinajstić information content (AvgIpc) is 3.32. The van der Waals surface area contributed by atoms with Gasteiger partial charge in [-0.3, -0.25) is 10.00 Å². The number of likely N-dealkylation sites (N-methyl/N-ethyl adjacent to an activating group) is 1. The lowest BCUT2D eigenvalue weighted by molar-refractivity contribution is 0.148. The summed E-state index contributed by atoms with van der Waals surface area (Å²) in [5.41, 5.74) is 5.85. The summed E-state index contributed by atoms with van der Waals surface area (Å²) in [4.78, 5) is 14.0. The average molecular weight is 460 g/mol. The van der Waals surface area contributed by atoms with Gasteiger partial charge < -0.3 is 10.2 Å². The molecule has 168 valence electrons. The summed E-state index contributed by atoms with van der Waals surface area (Å²) >= 11 is 6.04. The fraction of sp³-hybridized carbons (Fsp3) is 0.240. The monoisotopic (exact) mass is 459 g/mol. The van der Waals surface area contributed by atoms with Gasteiger partial charge in [-0.05, 0) is 42.9 Å². The molecule has 4 aromatic rings. The number of hydrogen-bond donors (Lipinski definition) is 2. The van der Waals surface area contributed by atoms with E-state index in [1.54, 1.807) is 12.4 Å². The van der Waals surface area contributed by atoms with Gasteiger partial charge in [0.05, 0.1) is 17.6 Å². The van der Waals surface area contributed by atoms with Crippen molar-refractivity contribution >= 4 is 23.2 Å². The summed E-state index contributed by atoms with van der Waals surface area (Å²) < 4.78 is 0. The number of benzene rings is 2. The van der Waals surface area contributed by atoms with E-state index in [-0.39, 0.29) is 0 Å². The summed E-state index contributed by atoms with van der Waals surface area (Å²) in [7, 11) is 2.18. The van der Waals surface area contributed by atoms with Crippen LogP contribution in [0.25, 0.3) is 22.5 Å². The molecule has 5 rings (SSSR count). The normalized spacial score (nSPS) is 15.0. The Morgan fingerprint density at radius 2 is 1.85 bits per heavy atom. The lowest BCUT2D eigenvalue weighted by Gasteiger charge is -2.32. The van der Waals surface area contributed by atoms with Crippen LogP contribution in [0, 0.1) is 0 Å². The molecule has 0 aliphatic carbocycles. The van der Waals surface area contributed by atoms with Gasteiger partial charge in [0.1, 0.15) is 0 Å². The number of halogens is 1. The number of nitrogens with one attached hydrogen (secondary N) is 2. The first-order chi connectivity index (χ1) is 16.1. The molecule has 0 unspecified atom stereocenters. The van der Waals surface area contributed by atoms with Crippen LogP contribution in [0.1, 0.15) is 5.56 Å². The molecule has 0 bridgehead atoms. The van der Waals surface area contributed by atoms with Crippen LogP contribution in [0.15, 0.2) is 67.0 Å². The third-order valence-electron chi connectivity index (χ3n) is 5.89. The van der Waals surface area contributed by atoms with E-state index in [1.807, 2.05) is 36.4 Å². The van der Waals surface area contributed by atoms with Gasteiger partial charge in [-0.15, -0.1) is 0 Å². The first kappa shape index (κ1) is 21.6. The zero-order valence-corrected chi connectivity index (χ0v) is 19.3. The lowest BCUT2D eigenvalue weighted by Crippen LogP contribution is -2.43. The van der Waals surface area contributed by atoms with Gasteiger partial charge in [0.2, 0.25) is 5.95 Å². The topological polar surface area (TPSA) is 73.0 Å². The van der Waals surface area contributed by atoms with Crippen molar-refractivity contribution in [3.05, 3.63) is 77.6 Å². The Hall–Kier alpha value is -3.26. The van der Waals surface area contributed by atoms with E-state index in [4.69, 9.17) is 16.6 Å². The fourth-order valence-corrected chi connectivity index (χ4v) is 4.15. The van der Waals surface area contributed by atoms with E-state index in [9.17, 15) is 0 Å². The van der Waals surface area contributed by atoms with Crippen LogP contribution < -0.4 is 5.32 Å². The van der Waals surface area contributed by atoms with Gasteiger partial charge in [0.25, 0.3) is 0 Å². The van der Waals surface area contributed by atoms with Crippen LogP contribution in [-0.4, -0.2) is 63.2 Å². The van der Waals surface area contributed by atoms with E-state index >= 15 is 0 Å². The molecule has 33 heavy (non-hydrogen) atoms. The van der Waals surface area contributed by atoms with Crippen molar-refractivity contribution in [2.45, 2.75) is 6.54 Å². The molecule has 8 heteroatoms. The Bertz CT molecular complexity index is 1210. The second-order valence-corrected chi connectivity index (χ2v) is 8.77. The standard InChI is InChI=1S/C25H26ClN7/c1-32-11-13-33(14-12-32)17-18-3-2-4-21(15-18)29-25-27-10-9-23(30-25)22-16-28-31-24(22)19-5-7-20(26)8-6-19/h2-10,15-16H,11-14,17H2,1H3,(H,28,31)(H,27,29,30). The molecule has 0 amide bonds. The van der Waals surface area contributed by atoms with Crippen LogP contribution in [0.4, 0.5) is 11.6 Å². The van der Waals surface area contributed by atoms with Gasteiger partial charge in [0, 0.05) is 60.8 Å².